The molecule has 4 amide bonds. The Balaban J connectivity index is 1.48. The fourth-order valence-electron chi connectivity index (χ4n) is 3.07. The first-order valence-electron chi connectivity index (χ1n) is 8.18. The zero-order valence-corrected chi connectivity index (χ0v) is 15.3. The van der Waals surface area contributed by atoms with E-state index in [-0.39, 0.29) is 18.2 Å². The Labute approximate surface area is 163 Å². The van der Waals surface area contributed by atoms with Gasteiger partial charge in [-0.2, -0.15) is 5.10 Å². The van der Waals surface area contributed by atoms with Crippen molar-refractivity contribution in [3.8, 4) is 5.69 Å². The minimum atomic E-state index is -1.11. The molecule has 4 rings (SSSR count). The van der Waals surface area contributed by atoms with E-state index in [1.807, 2.05) is 0 Å². The summed E-state index contributed by atoms with van der Waals surface area (Å²) in [6.45, 7) is -0.0252. The molecule has 2 fully saturated rings. The first kappa shape index (κ1) is 17.7. The van der Waals surface area contributed by atoms with Gasteiger partial charge in [0.25, 0.3) is 11.8 Å². The third-order valence-corrected chi connectivity index (χ3v) is 5.16. The maximum absolute atomic E-state index is 12.4. The van der Waals surface area contributed by atoms with Gasteiger partial charge in [0.05, 0.1) is 17.8 Å². The van der Waals surface area contributed by atoms with Crippen molar-refractivity contribution in [1.29, 1.82) is 0 Å². The number of nitrogens with zero attached hydrogens (tertiary/aromatic N) is 3. The van der Waals surface area contributed by atoms with Crippen LogP contribution in [0.5, 0.6) is 0 Å². The van der Waals surface area contributed by atoms with Crippen LogP contribution >= 0.6 is 23.2 Å². The second-order valence-electron chi connectivity index (χ2n) is 6.45. The molecule has 1 aliphatic heterocycles. The highest BCUT2D eigenvalue weighted by Crippen LogP contribution is 2.41. The van der Waals surface area contributed by atoms with Crippen molar-refractivity contribution in [3.05, 3.63) is 40.1 Å². The molecule has 9 nitrogen and oxygen atoms in total. The van der Waals surface area contributed by atoms with Crippen LogP contribution in [-0.2, 0) is 4.79 Å². The third kappa shape index (κ3) is 3.24. The smallest absolute Gasteiger partial charge is 0.322 e. The molecule has 27 heavy (non-hydrogen) atoms. The number of urea groups is 1. The van der Waals surface area contributed by atoms with Crippen molar-refractivity contribution in [2.45, 2.75) is 18.4 Å². The Bertz CT molecular complexity index is 957. The van der Waals surface area contributed by atoms with E-state index < -0.39 is 23.4 Å². The molecule has 3 N–H and O–H groups in total. The molecule has 1 aliphatic carbocycles. The number of halogens is 2. The molecule has 0 radical (unpaired) electrons. The lowest BCUT2D eigenvalue weighted by atomic mass is 9.93. The van der Waals surface area contributed by atoms with Gasteiger partial charge in [-0.1, -0.05) is 23.2 Å². The molecular formula is C16H14Cl2N6O3. The molecule has 2 aliphatic rings. The number of amides is 4. The number of rotatable bonds is 5. The van der Waals surface area contributed by atoms with Crippen molar-refractivity contribution in [2.24, 2.45) is 5.92 Å². The van der Waals surface area contributed by atoms with Gasteiger partial charge in [-0.15, -0.1) is 9.90 Å². The lowest BCUT2D eigenvalue weighted by molar-refractivity contribution is -0.124. The van der Waals surface area contributed by atoms with Crippen LogP contribution in [0.2, 0.25) is 10.0 Å². The van der Waals surface area contributed by atoms with Crippen LogP contribution < -0.4 is 16.0 Å². The van der Waals surface area contributed by atoms with Gasteiger partial charge in [0.1, 0.15) is 11.2 Å². The van der Waals surface area contributed by atoms with Crippen LogP contribution in [0.4, 0.5) is 4.79 Å². The summed E-state index contributed by atoms with van der Waals surface area (Å²) in [5.41, 5.74) is -0.587. The number of hydrogen-bond donors (Lipinski definition) is 3. The Morgan fingerprint density at radius 3 is 2.74 bits per heavy atom. The summed E-state index contributed by atoms with van der Waals surface area (Å²) in [7, 11) is 0. The van der Waals surface area contributed by atoms with E-state index in [4.69, 9.17) is 23.2 Å². The number of nitrogens with one attached hydrogen (secondary N) is 3. The summed E-state index contributed by atoms with van der Waals surface area (Å²) in [4.78, 5) is 37.4. The Kier molecular flexibility index (Phi) is 4.27. The molecule has 0 bridgehead atoms. The second kappa shape index (κ2) is 6.50. The topological polar surface area (TPSA) is 118 Å². The molecule has 140 valence electrons. The second-order valence-corrected chi connectivity index (χ2v) is 7.30. The lowest BCUT2D eigenvalue weighted by Gasteiger charge is -2.25. The predicted molar refractivity (Wildman–Crippen MR) is 95.8 cm³/mol. The van der Waals surface area contributed by atoms with Gasteiger partial charge in [0, 0.05) is 5.02 Å². The average Bonchev–Trinajstić information content (AvgIpc) is 3.28. The molecular weight excluding hydrogens is 395 g/mol. The predicted octanol–water partition coefficient (Wildman–Crippen LogP) is 1.29. The Morgan fingerprint density at radius 2 is 2.11 bits per heavy atom. The third-order valence-electron chi connectivity index (χ3n) is 4.62. The van der Waals surface area contributed by atoms with Gasteiger partial charge in [0.2, 0.25) is 0 Å². The van der Waals surface area contributed by atoms with E-state index >= 15 is 0 Å². The van der Waals surface area contributed by atoms with Crippen LogP contribution in [0.15, 0.2) is 24.4 Å². The maximum Gasteiger partial charge on any atom is 0.322 e. The van der Waals surface area contributed by atoms with Crippen LogP contribution in [0.3, 0.4) is 0 Å². The van der Waals surface area contributed by atoms with E-state index in [9.17, 15) is 14.4 Å². The van der Waals surface area contributed by atoms with Crippen molar-refractivity contribution in [2.75, 3.05) is 6.54 Å². The fraction of sp³-hybridized carbons (Fsp3) is 0.312. The molecule has 1 aromatic heterocycles. The highest BCUT2D eigenvalue weighted by molar-refractivity contribution is 6.35. The van der Waals surface area contributed by atoms with E-state index in [0.29, 0.717) is 15.7 Å². The van der Waals surface area contributed by atoms with Gasteiger partial charge in [-0.25, -0.2) is 4.79 Å². The standard InChI is InChI=1S/C16H14Cl2N6O3/c17-9-3-4-12(10(18)5-9)24-20-6-11(23-24)13(25)19-7-16(8-1-2-8)14(26)21-15(27)22-16/h3-6,8H,1-2,7H2,(H,19,25)(H2,21,22,26,27)/t16-/m0/s1. The summed E-state index contributed by atoms with van der Waals surface area (Å²) in [5, 5.41) is 16.5. The van der Waals surface area contributed by atoms with Crippen molar-refractivity contribution < 1.29 is 14.4 Å². The maximum atomic E-state index is 12.4. The summed E-state index contributed by atoms with van der Waals surface area (Å²) in [5.74, 6) is -0.931. The van der Waals surface area contributed by atoms with Crippen molar-refractivity contribution in [1.82, 2.24) is 30.9 Å². The zero-order chi connectivity index (χ0) is 19.2. The molecule has 1 saturated carbocycles. The van der Waals surface area contributed by atoms with Gasteiger partial charge in [-0.05, 0) is 37.0 Å². The molecule has 1 atom stereocenters. The number of benzene rings is 1. The molecule has 1 saturated heterocycles. The molecule has 0 spiro atoms. The van der Waals surface area contributed by atoms with Gasteiger partial charge < -0.3 is 10.6 Å². The van der Waals surface area contributed by atoms with Gasteiger partial charge in [-0.3, -0.25) is 14.9 Å². The number of imide groups is 1. The highest BCUT2D eigenvalue weighted by atomic mass is 35.5. The molecule has 0 unspecified atom stereocenters. The van der Waals surface area contributed by atoms with Gasteiger partial charge >= 0.3 is 6.03 Å². The van der Waals surface area contributed by atoms with Crippen molar-refractivity contribution >= 4 is 41.0 Å². The van der Waals surface area contributed by atoms with E-state index in [2.05, 4.69) is 26.1 Å². The lowest BCUT2D eigenvalue weighted by Crippen LogP contribution is -2.57. The summed E-state index contributed by atoms with van der Waals surface area (Å²) in [6.07, 6.45) is 2.92. The first-order chi connectivity index (χ1) is 12.9. The van der Waals surface area contributed by atoms with E-state index in [0.717, 1.165) is 12.8 Å². The van der Waals surface area contributed by atoms with E-state index in [1.54, 1.807) is 18.2 Å². The Morgan fingerprint density at radius 1 is 1.33 bits per heavy atom. The highest BCUT2D eigenvalue weighted by Gasteiger charge is 2.56. The largest absolute Gasteiger partial charge is 0.348 e. The summed E-state index contributed by atoms with van der Waals surface area (Å²) >= 11 is 12.0. The zero-order valence-electron chi connectivity index (χ0n) is 13.8. The minimum Gasteiger partial charge on any atom is -0.348 e. The SMILES string of the molecule is O=C1NC(=O)[C@](CNC(=O)c2cnn(-c3ccc(Cl)cc3Cl)n2)(C2CC2)N1. The quantitative estimate of drug-likeness (QED) is 0.644. The van der Waals surface area contributed by atoms with Crippen LogP contribution in [0.1, 0.15) is 23.3 Å². The average molecular weight is 409 g/mol. The first-order valence-corrected chi connectivity index (χ1v) is 8.94. The number of hydrogen-bond acceptors (Lipinski definition) is 5. The van der Waals surface area contributed by atoms with Crippen LogP contribution in [-0.4, -0.2) is 44.9 Å². The Hall–Kier alpha value is -2.65. The number of aromatic nitrogens is 3. The van der Waals surface area contributed by atoms with Crippen LogP contribution in [0, 0.1) is 5.92 Å². The number of carbonyl (C=O) groups is 3. The number of carbonyl (C=O) groups excluding carboxylic acids is 3. The summed E-state index contributed by atoms with van der Waals surface area (Å²) < 4.78 is 0. The van der Waals surface area contributed by atoms with E-state index in [1.165, 1.54) is 11.0 Å². The molecule has 11 heteroatoms. The minimum absolute atomic E-state index is 0.00723. The molecule has 1 aromatic carbocycles. The summed E-state index contributed by atoms with van der Waals surface area (Å²) in [6, 6.07) is 4.26. The normalized spacial score (nSPS) is 21.7. The van der Waals surface area contributed by atoms with Gasteiger partial charge in [0.15, 0.2) is 5.69 Å². The van der Waals surface area contributed by atoms with Crippen LogP contribution in [0.25, 0.3) is 5.69 Å². The molecule has 2 aromatic rings. The van der Waals surface area contributed by atoms with Crippen molar-refractivity contribution in [3.63, 3.8) is 0 Å². The fourth-order valence-corrected chi connectivity index (χ4v) is 3.56. The monoisotopic (exact) mass is 408 g/mol. The molecule has 2 heterocycles.